The zero-order valence-corrected chi connectivity index (χ0v) is 12.4. The lowest BCUT2D eigenvalue weighted by molar-refractivity contribution is 0.477. The van der Waals surface area contributed by atoms with Crippen LogP contribution in [0, 0.1) is 17.1 Å². The van der Waals surface area contributed by atoms with Crippen LogP contribution in [0.5, 0.6) is 0 Å². The summed E-state index contributed by atoms with van der Waals surface area (Å²) in [6.07, 6.45) is 0. The lowest BCUT2D eigenvalue weighted by Gasteiger charge is -2.34. The summed E-state index contributed by atoms with van der Waals surface area (Å²) >= 11 is 0. The van der Waals surface area contributed by atoms with E-state index in [2.05, 4.69) is 10.3 Å². The highest BCUT2D eigenvalue weighted by molar-refractivity contribution is 5.89. The van der Waals surface area contributed by atoms with Crippen LogP contribution >= 0.6 is 0 Å². The zero-order valence-electron chi connectivity index (χ0n) is 12.4. The SMILES string of the molecule is C[C@@H]1CN(c2c(F)c(=O)n(C)c3ccc(C#N)nc23)CCN1. The highest BCUT2D eigenvalue weighted by atomic mass is 19.1. The average molecular weight is 301 g/mol. The fourth-order valence-corrected chi connectivity index (χ4v) is 2.84. The fourth-order valence-electron chi connectivity index (χ4n) is 2.84. The van der Waals surface area contributed by atoms with Crippen molar-refractivity contribution in [2.45, 2.75) is 13.0 Å². The number of nitrogens with one attached hydrogen (secondary N) is 1. The molecule has 0 aliphatic carbocycles. The van der Waals surface area contributed by atoms with E-state index in [1.807, 2.05) is 17.9 Å². The second-order valence-corrected chi connectivity index (χ2v) is 5.50. The van der Waals surface area contributed by atoms with Crippen LogP contribution < -0.4 is 15.8 Å². The van der Waals surface area contributed by atoms with E-state index in [-0.39, 0.29) is 17.4 Å². The van der Waals surface area contributed by atoms with E-state index >= 15 is 0 Å². The molecule has 1 fully saturated rings. The van der Waals surface area contributed by atoms with Gasteiger partial charge in [0.2, 0.25) is 5.82 Å². The molecule has 3 heterocycles. The molecule has 22 heavy (non-hydrogen) atoms. The Morgan fingerprint density at radius 3 is 2.95 bits per heavy atom. The molecule has 1 aliphatic rings. The predicted molar refractivity (Wildman–Crippen MR) is 81.3 cm³/mol. The molecule has 0 unspecified atom stereocenters. The van der Waals surface area contributed by atoms with Crippen LogP contribution in [0.15, 0.2) is 16.9 Å². The molecule has 0 saturated carbocycles. The Bertz CT molecular complexity index is 838. The Morgan fingerprint density at radius 1 is 1.50 bits per heavy atom. The zero-order chi connectivity index (χ0) is 15.9. The van der Waals surface area contributed by atoms with Gasteiger partial charge in [-0.05, 0) is 19.1 Å². The van der Waals surface area contributed by atoms with Gasteiger partial charge in [-0.3, -0.25) is 4.79 Å². The molecule has 1 N–H and O–H groups in total. The first-order chi connectivity index (χ1) is 10.5. The minimum atomic E-state index is -0.813. The monoisotopic (exact) mass is 301 g/mol. The van der Waals surface area contributed by atoms with Gasteiger partial charge in [0.25, 0.3) is 5.56 Å². The van der Waals surface area contributed by atoms with E-state index in [0.717, 1.165) is 0 Å². The third kappa shape index (κ3) is 2.22. The molecule has 0 aromatic carbocycles. The Morgan fingerprint density at radius 2 is 2.27 bits per heavy atom. The summed E-state index contributed by atoms with van der Waals surface area (Å²) in [7, 11) is 1.51. The molecule has 1 atom stereocenters. The van der Waals surface area contributed by atoms with Gasteiger partial charge in [0.1, 0.15) is 23.0 Å². The third-order valence-corrected chi connectivity index (χ3v) is 3.96. The number of hydrogen-bond acceptors (Lipinski definition) is 5. The van der Waals surface area contributed by atoms with Crippen LogP contribution in [0.3, 0.4) is 0 Å². The minimum absolute atomic E-state index is 0.186. The van der Waals surface area contributed by atoms with E-state index < -0.39 is 11.4 Å². The standard InChI is InChI=1S/C15H16FN5O/c1-9-8-21(6-5-18-9)14-12(16)15(22)20(2)11-4-3-10(7-17)19-13(11)14/h3-4,9,18H,5-6,8H2,1-2H3/t9-/m1/s1. The highest BCUT2D eigenvalue weighted by Gasteiger charge is 2.25. The van der Waals surface area contributed by atoms with E-state index in [1.165, 1.54) is 17.7 Å². The summed E-state index contributed by atoms with van der Waals surface area (Å²) in [5.41, 5.74) is 0.595. The molecule has 7 heteroatoms. The van der Waals surface area contributed by atoms with Gasteiger partial charge in [-0.25, -0.2) is 4.98 Å². The lowest BCUT2D eigenvalue weighted by atomic mass is 10.1. The van der Waals surface area contributed by atoms with Crippen molar-refractivity contribution >= 4 is 16.7 Å². The number of aryl methyl sites for hydroxylation is 1. The molecule has 3 rings (SSSR count). The number of nitriles is 1. The molecule has 0 bridgehead atoms. The number of nitrogens with zero attached hydrogens (tertiary/aromatic N) is 4. The Hall–Kier alpha value is -2.46. The van der Waals surface area contributed by atoms with Crippen molar-refractivity contribution in [2.75, 3.05) is 24.5 Å². The largest absolute Gasteiger partial charge is 0.364 e. The molecule has 114 valence electrons. The Balaban J connectivity index is 2.31. The molecule has 2 aromatic rings. The number of rotatable bonds is 1. The maximum atomic E-state index is 14.6. The summed E-state index contributed by atoms with van der Waals surface area (Å²) < 4.78 is 15.9. The van der Waals surface area contributed by atoms with Crippen molar-refractivity contribution in [1.29, 1.82) is 5.26 Å². The molecule has 0 spiro atoms. The second-order valence-electron chi connectivity index (χ2n) is 5.50. The van der Waals surface area contributed by atoms with Gasteiger partial charge in [-0.2, -0.15) is 9.65 Å². The smallest absolute Gasteiger partial charge is 0.289 e. The summed E-state index contributed by atoms with van der Waals surface area (Å²) in [5, 5.41) is 12.3. The fraction of sp³-hybridized carbons (Fsp3) is 0.400. The van der Waals surface area contributed by atoms with Gasteiger partial charge in [-0.1, -0.05) is 0 Å². The molecule has 1 saturated heterocycles. The molecule has 2 aromatic heterocycles. The number of piperazine rings is 1. The Labute approximate surface area is 126 Å². The normalized spacial score (nSPS) is 18.5. The van der Waals surface area contributed by atoms with Gasteiger partial charge >= 0.3 is 0 Å². The first-order valence-electron chi connectivity index (χ1n) is 7.10. The van der Waals surface area contributed by atoms with Crippen molar-refractivity contribution in [2.24, 2.45) is 7.05 Å². The van der Waals surface area contributed by atoms with E-state index in [1.54, 1.807) is 6.07 Å². The summed E-state index contributed by atoms with van der Waals surface area (Å²) in [6, 6.07) is 5.31. The number of anilines is 1. The van der Waals surface area contributed by atoms with E-state index in [4.69, 9.17) is 5.26 Å². The topological polar surface area (TPSA) is 74.0 Å². The van der Waals surface area contributed by atoms with Gasteiger partial charge < -0.3 is 14.8 Å². The average Bonchev–Trinajstić information content (AvgIpc) is 2.52. The van der Waals surface area contributed by atoms with Crippen molar-refractivity contribution in [3.63, 3.8) is 0 Å². The van der Waals surface area contributed by atoms with Crippen LogP contribution in [-0.4, -0.2) is 35.2 Å². The van der Waals surface area contributed by atoms with Gasteiger partial charge in [0.15, 0.2) is 0 Å². The lowest BCUT2D eigenvalue weighted by Crippen LogP contribution is -2.50. The van der Waals surface area contributed by atoms with Crippen LogP contribution in [0.2, 0.25) is 0 Å². The Kier molecular flexibility index (Phi) is 3.54. The highest BCUT2D eigenvalue weighted by Crippen LogP contribution is 2.27. The predicted octanol–water partition coefficient (Wildman–Crippen LogP) is 0.742. The van der Waals surface area contributed by atoms with Crippen LogP contribution in [0.4, 0.5) is 10.1 Å². The van der Waals surface area contributed by atoms with Crippen molar-refractivity contribution < 1.29 is 4.39 Å². The quantitative estimate of drug-likeness (QED) is 0.841. The number of halogens is 1. The van der Waals surface area contributed by atoms with E-state index in [0.29, 0.717) is 30.7 Å². The van der Waals surface area contributed by atoms with Crippen molar-refractivity contribution in [1.82, 2.24) is 14.9 Å². The maximum Gasteiger partial charge on any atom is 0.289 e. The first-order valence-corrected chi connectivity index (χ1v) is 7.10. The third-order valence-electron chi connectivity index (χ3n) is 3.96. The molecule has 1 aliphatic heterocycles. The first kappa shape index (κ1) is 14.5. The van der Waals surface area contributed by atoms with Crippen molar-refractivity contribution in [3.8, 4) is 6.07 Å². The molecule has 6 nitrogen and oxygen atoms in total. The second kappa shape index (κ2) is 5.39. The van der Waals surface area contributed by atoms with Gasteiger partial charge in [-0.15, -0.1) is 0 Å². The molecule has 0 amide bonds. The number of aromatic nitrogens is 2. The van der Waals surface area contributed by atoms with Gasteiger partial charge in [0, 0.05) is 32.7 Å². The number of hydrogen-bond donors (Lipinski definition) is 1. The summed E-state index contributed by atoms with van der Waals surface area (Å²) in [4.78, 5) is 18.2. The van der Waals surface area contributed by atoms with E-state index in [9.17, 15) is 9.18 Å². The van der Waals surface area contributed by atoms with Gasteiger partial charge in [0.05, 0.1) is 5.52 Å². The molecular formula is C15H16FN5O. The minimum Gasteiger partial charge on any atom is -0.364 e. The number of fused-ring (bicyclic) bond motifs is 1. The summed E-state index contributed by atoms with van der Waals surface area (Å²) in [5.74, 6) is -0.813. The van der Waals surface area contributed by atoms with Crippen LogP contribution in [0.1, 0.15) is 12.6 Å². The van der Waals surface area contributed by atoms with Crippen molar-refractivity contribution in [3.05, 3.63) is 34.0 Å². The maximum absolute atomic E-state index is 14.6. The van der Waals surface area contributed by atoms with Crippen LogP contribution in [-0.2, 0) is 7.05 Å². The summed E-state index contributed by atoms with van der Waals surface area (Å²) in [6.45, 7) is 3.87. The number of pyridine rings is 2. The van der Waals surface area contributed by atoms with Crippen LogP contribution in [0.25, 0.3) is 11.0 Å². The molecular weight excluding hydrogens is 285 g/mol. The molecule has 0 radical (unpaired) electrons.